The maximum Gasteiger partial charge on any atom is 0.145 e. The Hall–Kier alpha value is -2.51. The molecule has 0 spiro atoms. The van der Waals surface area contributed by atoms with Gasteiger partial charge in [0.25, 0.3) is 0 Å². The van der Waals surface area contributed by atoms with Crippen molar-refractivity contribution < 1.29 is 0 Å². The lowest BCUT2D eigenvalue weighted by atomic mass is 10.1. The van der Waals surface area contributed by atoms with E-state index in [0.717, 1.165) is 28.2 Å². The highest BCUT2D eigenvalue weighted by molar-refractivity contribution is 8.33. The first kappa shape index (κ1) is 24.8. The number of rotatable bonds is 5. The number of hydrogen-bond acceptors (Lipinski definition) is 3. The van der Waals surface area contributed by atoms with E-state index in [1.807, 2.05) is 28.7 Å². The van der Waals surface area contributed by atoms with E-state index in [1.54, 1.807) is 0 Å². The fourth-order valence-corrected chi connectivity index (χ4v) is 10.1. The SMILES string of the molecule is C=Cc1ccc(-c2nc3c4cc(S(C)(C)C)sc4c4sc(S(C)(C)C)cc4c3n2-c2ccccc2)cc1. The second-order valence-corrected chi connectivity index (χ2v) is 21.8. The number of para-hydroxylation sites is 1. The third kappa shape index (κ3) is 4.15. The topological polar surface area (TPSA) is 17.8 Å². The van der Waals surface area contributed by atoms with Gasteiger partial charge < -0.3 is 0 Å². The highest BCUT2D eigenvalue weighted by Crippen LogP contribution is 2.57. The van der Waals surface area contributed by atoms with Gasteiger partial charge in [-0.05, 0) is 67.4 Å². The van der Waals surface area contributed by atoms with Crippen molar-refractivity contribution in [3.63, 3.8) is 0 Å². The van der Waals surface area contributed by atoms with Gasteiger partial charge in [0.05, 0.1) is 20.4 Å². The summed E-state index contributed by atoms with van der Waals surface area (Å²) in [6.07, 6.45) is 16.2. The van der Waals surface area contributed by atoms with Crippen molar-refractivity contribution in [3.05, 3.63) is 78.9 Å². The van der Waals surface area contributed by atoms with Gasteiger partial charge in [-0.15, -0.1) is 22.7 Å². The molecule has 0 amide bonds. The number of aromatic nitrogens is 2. The van der Waals surface area contributed by atoms with Crippen LogP contribution in [0.4, 0.5) is 0 Å². The molecule has 3 aromatic heterocycles. The maximum atomic E-state index is 5.42. The normalized spacial score (nSPS) is 13.6. The van der Waals surface area contributed by atoms with Crippen LogP contribution in [0.3, 0.4) is 0 Å². The first-order valence-electron chi connectivity index (χ1n) is 12.1. The van der Waals surface area contributed by atoms with Gasteiger partial charge in [0.15, 0.2) is 0 Å². The van der Waals surface area contributed by atoms with E-state index in [0.29, 0.717) is 0 Å². The monoisotopic (exact) mass is 560 g/mol. The molecule has 0 bridgehead atoms. The van der Waals surface area contributed by atoms with Crippen LogP contribution < -0.4 is 0 Å². The molecule has 3 heterocycles. The summed E-state index contributed by atoms with van der Waals surface area (Å²) in [6, 6.07) is 24.2. The summed E-state index contributed by atoms with van der Waals surface area (Å²) in [4.78, 5) is 5.42. The number of hydrogen-bond donors (Lipinski definition) is 0. The first-order valence-corrected chi connectivity index (χ1v) is 19.5. The average molecular weight is 561 g/mol. The summed E-state index contributed by atoms with van der Waals surface area (Å²) in [7, 11) is -1.72. The van der Waals surface area contributed by atoms with Crippen molar-refractivity contribution in [1.82, 2.24) is 9.55 Å². The summed E-state index contributed by atoms with van der Waals surface area (Å²) in [5.41, 5.74) is 5.69. The summed E-state index contributed by atoms with van der Waals surface area (Å²) in [6.45, 7) is 3.93. The van der Waals surface area contributed by atoms with Crippen LogP contribution in [-0.2, 0) is 0 Å². The summed E-state index contributed by atoms with van der Waals surface area (Å²) in [5.74, 6) is 0.984. The second-order valence-electron chi connectivity index (χ2n) is 10.9. The Kier molecular flexibility index (Phi) is 5.88. The van der Waals surface area contributed by atoms with Gasteiger partial charge in [-0.3, -0.25) is 4.57 Å². The van der Waals surface area contributed by atoms with E-state index >= 15 is 0 Å². The van der Waals surface area contributed by atoms with Crippen LogP contribution >= 0.6 is 42.7 Å². The molecular weight excluding hydrogens is 529 g/mol. The van der Waals surface area contributed by atoms with Gasteiger partial charge in [0.1, 0.15) is 5.82 Å². The van der Waals surface area contributed by atoms with Gasteiger partial charge in [-0.2, -0.15) is 0 Å². The third-order valence-corrected chi connectivity index (χ3v) is 14.8. The highest BCUT2D eigenvalue weighted by atomic mass is 32.3. The predicted molar refractivity (Wildman–Crippen MR) is 175 cm³/mol. The zero-order valence-electron chi connectivity index (χ0n) is 22.2. The Morgan fingerprint density at radius 3 is 1.89 bits per heavy atom. The summed E-state index contributed by atoms with van der Waals surface area (Å²) < 4.78 is 8.17. The second kappa shape index (κ2) is 8.77. The number of nitrogens with zero attached hydrogens (tertiary/aromatic N) is 2. The van der Waals surface area contributed by atoms with Crippen LogP contribution in [0.15, 0.2) is 81.7 Å². The van der Waals surface area contributed by atoms with Crippen molar-refractivity contribution in [3.8, 4) is 17.1 Å². The van der Waals surface area contributed by atoms with E-state index in [-0.39, 0.29) is 0 Å². The molecule has 6 rings (SSSR count). The van der Waals surface area contributed by atoms with E-state index in [2.05, 4.69) is 115 Å². The molecule has 0 unspecified atom stereocenters. The highest BCUT2D eigenvalue weighted by Gasteiger charge is 2.25. The quantitative estimate of drug-likeness (QED) is 0.205. The lowest BCUT2D eigenvalue weighted by Crippen LogP contribution is -1.97. The molecule has 0 atom stereocenters. The fourth-order valence-electron chi connectivity index (χ4n) is 4.68. The van der Waals surface area contributed by atoms with Crippen molar-refractivity contribution in [1.29, 1.82) is 0 Å². The predicted octanol–water partition coefficient (Wildman–Crippen LogP) is 9.87. The smallest absolute Gasteiger partial charge is 0.145 e. The summed E-state index contributed by atoms with van der Waals surface area (Å²) >= 11 is 3.97. The Morgan fingerprint density at radius 2 is 1.32 bits per heavy atom. The average Bonchev–Trinajstić information content (AvgIpc) is 3.58. The number of benzene rings is 3. The molecule has 0 saturated carbocycles. The lowest BCUT2D eigenvalue weighted by Gasteiger charge is -2.22. The standard InChI is InChI=1S/C31H32N2S4/c1-8-20-14-16-21(17-15-20)31-32-27-23-18-25(36(2,3)4)34-29(23)30-24(19-26(35-30)37(5,6)7)28(27)33(31)22-12-10-9-11-13-22/h8-19H,1H2,2-7H3. The number of thiophene rings is 2. The van der Waals surface area contributed by atoms with E-state index < -0.39 is 20.1 Å². The van der Waals surface area contributed by atoms with Gasteiger partial charge in [-0.25, -0.2) is 25.0 Å². The molecule has 37 heavy (non-hydrogen) atoms. The molecule has 0 aliphatic heterocycles. The third-order valence-electron chi connectivity index (χ3n) is 6.64. The molecule has 0 N–H and O–H groups in total. The minimum Gasteiger partial charge on any atom is -0.292 e. The molecule has 0 fully saturated rings. The van der Waals surface area contributed by atoms with Gasteiger partial charge in [-0.1, -0.05) is 55.1 Å². The maximum absolute atomic E-state index is 5.42. The minimum absolute atomic E-state index is 0.855. The van der Waals surface area contributed by atoms with Crippen molar-refractivity contribution in [2.45, 2.75) is 8.42 Å². The van der Waals surface area contributed by atoms with Crippen LogP contribution in [0.5, 0.6) is 0 Å². The molecule has 0 saturated heterocycles. The lowest BCUT2D eigenvalue weighted by molar-refractivity contribution is 1.11. The molecule has 0 radical (unpaired) electrons. The van der Waals surface area contributed by atoms with Crippen LogP contribution in [0.25, 0.3) is 54.4 Å². The summed E-state index contributed by atoms with van der Waals surface area (Å²) in [5, 5.41) is 2.62. The zero-order chi connectivity index (χ0) is 26.1. The van der Waals surface area contributed by atoms with Crippen molar-refractivity contribution >= 4 is 80.0 Å². The van der Waals surface area contributed by atoms with Crippen LogP contribution in [0.1, 0.15) is 5.56 Å². The Bertz CT molecular complexity index is 1790. The Morgan fingerprint density at radius 1 is 0.757 bits per heavy atom. The first-order chi connectivity index (χ1) is 17.6. The van der Waals surface area contributed by atoms with E-state index in [1.165, 1.54) is 34.1 Å². The van der Waals surface area contributed by atoms with Crippen LogP contribution in [-0.4, -0.2) is 47.1 Å². The minimum atomic E-state index is -0.865. The van der Waals surface area contributed by atoms with Gasteiger partial charge in [0, 0.05) is 30.4 Å². The van der Waals surface area contributed by atoms with Crippen molar-refractivity contribution in [2.24, 2.45) is 0 Å². The molecule has 190 valence electrons. The van der Waals surface area contributed by atoms with Gasteiger partial charge >= 0.3 is 0 Å². The fraction of sp³-hybridized carbons (Fsp3) is 0.194. The molecule has 0 aliphatic rings. The van der Waals surface area contributed by atoms with Crippen LogP contribution in [0, 0.1) is 0 Å². The van der Waals surface area contributed by atoms with Crippen LogP contribution in [0.2, 0.25) is 0 Å². The molecule has 6 aromatic rings. The molecular formula is C31H32N2S4. The van der Waals surface area contributed by atoms with E-state index in [9.17, 15) is 0 Å². The number of fused-ring (bicyclic) bond motifs is 6. The molecule has 6 heteroatoms. The molecule has 3 aromatic carbocycles. The zero-order valence-corrected chi connectivity index (χ0v) is 25.4. The largest absolute Gasteiger partial charge is 0.292 e. The Labute approximate surface area is 230 Å². The van der Waals surface area contributed by atoms with Gasteiger partial charge in [0.2, 0.25) is 0 Å². The van der Waals surface area contributed by atoms with E-state index in [4.69, 9.17) is 4.98 Å². The molecule has 0 aliphatic carbocycles. The Balaban J connectivity index is 1.82. The molecule has 2 nitrogen and oxygen atoms in total. The number of imidazole rings is 1. The van der Waals surface area contributed by atoms with Crippen molar-refractivity contribution in [2.75, 3.05) is 37.5 Å².